The van der Waals surface area contributed by atoms with E-state index in [0.717, 1.165) is 18.9 Å². The van der Waals surface area contributed by atoms with Crippen LogP contribution in [0.1, 0.15) is 45.5 Å². The Bertz CT molecular complexity index is 1610. The number of anilines is 2. The van der Waals surface area contributed by atoms with Gasteiger partial charge in [-0.1, -0.05) is 24.3 Å². The fraction of sp³-hybridized carbons (Fsp3) is 0.343. The monoisotopic (exact) mass is 632 g/mol. The number of hydrogen-bond donors (Lipinski definition) is 1. The predicted molar refractivity (Wildman–Crippen MR) is 173 cm³/mol. The van der Waals surface area contributed by atoms with Crippen LogP contribution in [-0.2, 0) is 4.79 Å². The third-order valence-corrected chi connectivity index (χ3v) is 8.59. The number of benzene rings is 3. The Morgan fingerprint density at radius 3 is 2.13 bits per heavy atom. The number of likely N-dealkylation sites (tertiary alicyclic amines) is 1. The maximum absolute atomic E-state index is 15.7. The molecule has 2 heterocycles. The van der Waals surface area contributed by atoms with Crippen LogP contribution in [-0.4, -0.2) is 87.4 Å². The summed E-state index contributed by atoms with van der Waals surface area (Å²) in [6.07, 6.45) is 1.95. The van der Waals surface area contributed by atoms with Gasteiger partial charge in [-0.2, -0.15) is 0 Å². The number of fused-ring (bicyclic) bond motifs is 1. The van der Waals surface area contributed by atoms with Gasteiger partial charge in [-0.3, -0.25) is 14.4 Å². The zero-order chi connectivity index (χ0) is 33.0. The molecule has 1 saturated heterocycles. The molecule has 3 amide bonds. The first-order valence-corrected chi connectivity index (χ1v) is 15.1. The van der Waals surface area contributed by atoms with E-state index < -0.39 is 30.1 Å². The molecule has 5 rings (SSSR count). The Morgan fingerprint density at radius 1 is 0.891 bits per heavy atom. The van der Waals surface area contributed by atoms with E-state index in [2.05, 4.69) is 10.2 Å². The van der Waals surface area contributed by atoms with Crippen LogP contribution >= 0.6 is 0 Å². The van der Waals surface area contributed by atoms with E-state index in [1.165, 1.54) is 37.3 Å². The normalized spacial score (nSPS) is 17.3. The Kier molecular flexibility index (Phi) is 9.71. The highest BCUT2D eigenvalue weighted by atomic mass is 19.3. The van der Waals surface area contributed by atoms with Crippen molar-refractivity contribution in [1.29, 1.82) is 0 Å². The summed E-state index contributed by atoms with van der Waals surface area (Å²) < 4.78 is 42.1. The van der Waals surface area contributed by atoms with Crippen molar-refractivity contribution in [2.45, 2.75) is 31.2 Å². The van der Waals surface area contributed by atoms with Crippen molar-refractivity contribution >= 4 is 34.7 Å². The van der Waals surface area contributed by atoms with Gasteiger partial charge in [-0.15, -0.1) is 0 Å². The number of amides is 3. The number of hydrogen-bond acceptors (Lipinski definition) is 6. The van der Waals surface area contributed by atoms with E-state index in [1.54, 1.807) is 53.4 Å². The highest BCUT2D eigenvalue weighted by Crippen LogP contribution is 2.43. The van der Waals surface area contributed by atoms with E-state index in [-0.39, 0.29) is 28.8 Å². The van der Waals surface area contributed by atoms with E-state index in [9.17, 15) is 14.4 Å². The third kappa shape index (κ3) is 6.74. The van der Waals surface area contributed by atoms with Gasteiger partial charge in [-0.25, -0.2) is 8.78 Å². The summed E-state index contributed by atoms with van der Waals surface area (Å²) in [6.45, 7) is 0.729. The number of alkyl halides is 2. The third-order valence-electron chi connectivity index (χ3n) is 8.59. The molecule has 3 aromatic rings. The topological polar surface area (TPSA) is 91.4 Å². The number of carbonyl (C=O) groups excluding carboxylic acids is 3. The molecule has 0 atom stereocenters. The van der Waals surface area contributed by atoms with Crippen molar-refractivity contribution in [3.63, 3.8) is 0 Å². The van der Waals surface area contributed by atoms with Crippen LogP contribution in [0.15, 0.2) is 72.8 Å². The smallest absolute Gasteiger partial charge is 0.275 e. The summed E-state index contributed by atoms with van der Waals surface area (Å²) in [4.78, 5) is 45.1. The maximum Gasteiger partial charge on any atom is 0.275 e. The standard InChI is InChI=1S/C35H38F2N4O5/c1-39(2)25-16-19-40(20-17-25)31(42)22-27-26-8-5-6-9-28(26)41(21-18-35(27,36)37)34(44)23-12-14-24(15-13-23)38-33(43)32-29(45-3)10-7-11-30(32)46-4/h5-15,22,25H,16-21H2,1-4H3,(H,38,43)/b27-22-. The number of rotatable bonds is 7. The molecular weight excluding hydrogens is 594 g/mol. The molecule has 0 aliphatic carbocycles. The first-order valence-electron chi connectivity index (χ1n) is 15.1. The van der Waals surface area contributed by atoms with Crippen molar-refractivity contribution in [2.75, 3.05) is 58.2 Å². The van der Waals surface area contributed by atoms with Gasteiger partial charge < -0.3 is 29.5 Å². The molecule has 9 nitrogen and oxygen atoms in total. The molecule has 0 spiro atoms. The minimum absolute atomic E-state index is 0.143. The molecule has 2 aliphatic heterocycles. The van der Waals surface area contributed by atoms with Crippen LogP contribution in [0.3, 0.4) is 0 Å². The van der Waals surface area contributed by atoms with Crippen LogP contribution < -0.4 is 19.7 Å². The number of halogens is 2. The summed E-state index contributed by atoms with van der Waals surface area (Å²) in [6, 6.07) is 18.0. The average Bonchev–Trinajstić information content (AvgIpc) is 3.17. The van der Waals surface area contributed by atoms with Crippen molar-refractivity contribution in [1.82, 2.24) is 9.80 Å². The lowest BCUT2D eigenvalue weighted by molar-refractivity contribution is -0.127. The molecule has 0 radical (unpaired) electrons. The molecule has 0 unspecified atom stereocenters. The highest BCUT2D eigenvalue weighted by molar-refractivity contribution is 6.10. The Labute approximate surface area is 267 Å². The van der Waals surface area contributed by atoms with E-state index in [0.29, 0.717) is 42.0 Å². The minimum Gasteiger partial charge on any atom is -0.496 e. The second kappa shape index (κ2) is 13.7. The Hall–Kier alpha value is -4.77. The van der Waals surface area contributed by atoms with Crippen LogP contribution in [0.2, 0.25) is 0 Å². The van der Waals surface area contributed by atoms with Gasteiger partial charge in [0.25, 0.3) is 17.7 Å². The summed E-state index contributed by atoms with van der Waals surface area (Å²) in [5.41, 5.74) is 0.937. The summed E-state index contributed by atoms with van der Waals surface area (Å²) >= 11 is 0. The van der Waals surface area contributed by atoms with Gasteiger partial charge in [0.05, 0.1) is 19.9 Å². The van der Waals surface area contributed by atoms with Gasteiger partial charge in [0, 0.05) is 60.6 Å². The molecule has 0 aromatic heterocycles. The maximum atomic E-state index is 15.7. The van der Waals surface area contributed by atoms with Crippen molar-refractivity contribution in [3.8, 4) is 11.5 Å². The molecule has 11 heteroatoms. The molecular formula is C35H38F2N4O5. The SMILES string of the molecule is COc1cccc(OC)c1C(=O)Nc1ccc(C(=O)N2CCC(F)(F)/C(=C\C(=O)N3CCC(N(C)C)CC3)c3ccccc32)cc1. The zero-order valence-corrected chi connectivity index (χ0v) is 26.4. The van der Waals surface area contributed by atoms with Gasteiger partial charge in [0.15, 0.2) is 0 Å². The number of carbonyl (C=O) groups is 3. The van der Waals surface area contributed by atoms with Crippen LogP contribution in [0.5, 0.6) is 11.5 Å². The Balaban J connectivity index is 1.37. The fourth-order valence-electron chi connectivity index (χ4n) is 5.97. The highest BCUT2D eigenvalue weighted by Gasteiger charge is 2.42. The van der Waals surface area contributed by atoms with Crippen LogP contribution in [0.25, 0.3) is 5.57 Å². The summed E-state index contributed by atoms with van der Waals surface area (Å²) in [5.74, 6) is -4.06. The van der Waals surface area contributed by atoms with Crippen LogP contribution in [0, 0.1) is 0 Å². The van der Waals surface area contributed by atoms with Crippen molar-refractivity contribution < 1.29 is 32.6 Å². The van der Waals surface area contributed by atoms with Gasteiger partial charge >= 0.3 is 0 Å². The largest absolute Gasteiger partial charge is 0.496 e. The number of methoxy groups -OCH3 is 2. The van der Waals surface area contributed by atoms with Crippen molar-refractivity contribution in [2.24, 2.45) is 0 Å². The molecule has 46 heavy (non-hydrogen) atoms. The lowest BCUT2D eigenvalue weighted by Crippen LogP contribution is -2.44. The lowest BCUT2D eigenvalue weighted by Gasteiger charge is -2.35. The first kappa shape index (κ1) is 32.6. The van der Waals surface area contributed by atoms with E-state index in [4.69, 9.17) is 9.47 Å². The van der Waals surface area contributed by atoms with Crippen LogP contribution in [0.4, 0.5) is 20.2 Å². The van der Waals surface area contributed by atoms with E-state index in [1.807, 2.05) is 14.1 Å². The number of nitrogens with one attached hydrogen (secondary N) is 1. The van der Waals surface area contributed by atoms with Gasteiger partial charge in [0.2, 0.25) is 5.91 Å². The fourth-order valence-corrected chi connectivity index (χ4v) is 5.97. The molecule has 1 N–H and O–H groups in total. The van der Waals surface area contributed by atoms with Gasteiger partial charge in [-0.05, 0) is 69.4 Å². The van der Waals surface area contributed by atoms with Gasteiger partial charge in [0.1, 0.15) is 17.1 Å². The molecule has 0 saturated carbocycles. The number of allylic oxidation sites excluding steroid dienone is 1. The van der Waals surface area contributed by atoms with E-state index >= 15 is 8.78 Å². The average molecular weight is 633 g/mol. The molecule has 242 valence electrons. The molecule has 0 bridgehead atoms. The molecule has 2 aliphatic rings. The second-order valence-electron chi connectivity index (χ2n) is 11.6. The quantitative estimate of drug-likeness (QED) is 0.342. The number of nitrogens with zero attached hydrogens (tertiary/aromatic N) is 3. The zero-order valence-electron chi connectivity index (χ0n) is 26.4. The molecule has 1 fully saturated rings. The summed E-state index contributed by atoms with van der Waals surface area (Å²) in [7, 11) is 6.89. The first-order chi connectivity index (χ1) is 22.0. The minimum atomic E-state index is -3.34. The van der Waals surface area contributed by atoms with Crippen molar-refractivity contribution in [3.05, 3.63) is 89.5 Å². The number of ether oxygens (including phenoxy) is 2. The Morgan fingerprint density at radius 2 is 1.52 bits per heavy atom. The molecule has 3 aromatic carbocycles. The number of piperidine rings is 1. The number of para-hydroxylation sites is 1. The second-order valence-corrected chi connectivity index (χ2v) is 11.6. The summed E-state index contributed by atoms with van der Waals surface area (Å²) in [5, 5.41) is 2.78. The predicted octanol–water partition coefficient (Wildman–Crippen LogP) is 5.58. The lowest BCUT2D eigenvalue weighted by atomic mass is 9.96.